The minimum absolute atomic E-state index is 0.181. The Bertz CT molecular complexity index is 394. The standard InChI is InChI=1S/C16H25NO2/c1-4-13-7-9-14(10-8-13)11-16(5-2,12-17)15(18)19-6-3/h7-10H,4-6,11-12,17H2,1-3H3. The fourth-order valence-electron chi connectivity index (χ4n) is 2.21. The second kappa shape index (κ2) is 7.29. The van der Waals surface area contributed by atoms with Crippen LogP contribution < -0.4 is 5.73 Å². The summed E-state index contributed by atoms with van der Waals surface area (Å²) in [7, 11) is 0. The molecule has 0 heterocycles. The zero-order chi connectivity index (χ0) is 14.3. The van der Waals surface area contributed by atoms with Crippen LogP contribution in [0.3, 0.4) is 0 Å². The average molecular weight is 263 g/mol. The van der Waals surface area contributed by atoms with E-state index in [9.17, 15) is 4.79 Å². The molecule has 0 amide bonds. The number of esters is 1. The Morgan fingerprint density at radius 3 is 2.16 bits per heavy atom. The quantitative estimate of drug-likeness (QED) is 0.770. The van der Waals surface area contributed by atoms with Crippen LogP contribution in [-0.4, -0.2) is 19.1 Å². The molecule has 0 aliphatic carbocycles. The summed E-state index contributed by atoms with van der Waals surface area (Å²) in [6.45, 7) is 6.66. The Kier molecular flexibility index (Phi) is 6.03. The average Bonchev–Trinajstić information content (AvgIpc) is 2.45. The van der Waals surface area contributed by atoms with E-state index in [-0.39, 0.29) is 5.97 Å². The Morgan fingerprint density at radius 1 is 1.16 bits per heavy atom. The van der Waals surface area contributed by atoms with Gasteiger partial charge in [0.15, 0.2) is 0 Å². The Hall–Kier alpha value is -1.35. The molecule has 1 aromatic rings. The van der Waals surface area contributed by atoms with Crippen molar-refractivity contribution in [2.45, 2.75) is 40.0 Å². The summed E-state index contributed by atoms with van der Waals surface area (Å²) in [6, 6.07) is 8.38. The van der Waals surface area contributed by atoms with E-state index < -0.39 is 5.41 Å². The van der Waals surface area contributed by atoms with E-state index in [1.807, 2.05) is 13.8 Å². The van der Waals surface area contributed by atoms with Crippen molar-refractivity contribution in [2.75, 3.05) is 13.2 Å². The number of rotatable bonds is 7. The zero-order valence-corrected chi connectivity index (χ0v) is 12.2. The summed E-state index contributed by atoms with van der Waals surface area (Å²) in [4.78, 5) is 12.2. The van der Waals surface area contributed by atoms with Gasteiger partial charge in [-0.3, -0.25) is 4.79 Å². The summed E-state index contributed by atoms with van der Waals surface area (Å²) in [5.41, 5.74) is 7.70. The monoisotopic (exact) mass is 263 g/mol. The molecule has 106 valence electrons. The van der Waals surface area contributed by atoms with Crippen LogP contribution in [0.25, 0.3) is 0 Å². The molecule has 0 spiro atoms. The van der Waals surface area contributed by atoms with Crippen molar-refractivity contribution >= 4 is 5.97 Å². The first-order valence-electron chi connectivity index (χ1n) is 7.07. The van der Waals surface area contributed by atoms with Crippen molar-refractivity contribution in [3.63, 3.8) is 0 Å². The Labute approximate surface area is 116 Å². The van der Waals surface area contributed by atoms with E-state index >= 15 is 0 Å². The largest absolute Gasteiger partial charge is 0.466 e. The predicted molar refractivity (Wildman–Crippen MR) is 77.9 cm³/mol. The number of ether oxygens (including phenoxy) is 1. The van der Waals surface area contributed by atoms with Gasteiger partial charge >= 0.3 is 5.97 Å². The molecule has 1 atom stereocenters. The van der Waals surface area contributed by atoms with Crippen LogP contribution in [-0.2, 0) is 22.4 Å². The van der Waals surface area contributed by atoms with Gasteiger partial charge in [-0.25, -0.2) is 0 Å². The molecule has 0 aliphatic rings. The van der Waals surface area contributed by atoms with Crippen molar-refractivity contribution < 1.29 is 9.53 Å². The summed E-state index contributed by atoms with van der Waals surface area (Å²) < 4.78 is 5.19. The van der Waals surface area contributed by atoms with Gasteiger partial charge in [-0.2, -0.15) is 0 Å². The maximum Gasteiger partial charge on any atom is 0.313 e. The van der Waals surface area contributed by atoms with E-state index in [1.54, 1.807) is 0 Å². The van der Waals surface area contributed by atoms with Gasteiger partial charge in [-0.05, 0) is 37.3 Å². The number of nitrogens with two attached hydrogens (primary N) is 1. The number of carbonyl (C=O) groups excluding carboxylic acids is 1. The molecular weight excluding hydrogens is 238 g/mol. The van der Waals surface area contributed by atoms with Gasteiger partial charge < -0.3 is 10.5 Å². The Balaban J connectivity index is 2.90. The Morgan fingerprint density at radius 2 is 1.74 bits per heavy atom. The van der Waals surface area contributed by atoms with Gasteiger partial charge in [0, 0.05) is 6.54 Å². The van der Waals surface area contributed by atoms with Crippen molar-refractivity contribution in [2.24, 2.45) is 11.1 Å². The molecule has 2 N–H and O–H groups in total. The first kappa shape index (κ1) is 15.7. The number of aryl methyl sites for hydroxylation is 1. The number of hydrogen-bond acceptors (Lipinski definition) is 3. The van der Waals surface area contributed by atoms with E-state index in [0.29, 0.717) is 26.0 Å². The van der Waals surface area contributed by atoms with Gasteiger partial charge in [0.1, 0.15) is 0 Å². The molecule has 0 fully saturated rings. The van der Waals surface area contributed by atoms with Crippen LogP contribution in [0.5, 0.6) is 0 Å². The predicted octanol–water partition coefficient (Wildman–Crippen LogP) is 2.71. The highest BCUT2D eigenvalue weighted by Gasteiger charge is 2.36. The van der Waals surface area contributed by atoms with Crippen LogP contribution in [0.1, 0.15) is 38.3 Å². The smallest absolute Gasteiger partial charge is 0.313 e. The SMILES string of the molecule is CCOC(=O)C(CC)(CN)Cc1ccc(CC)cc1. The molecule has 0 saturated carbocycles. The van der Waals surface area contributed by atoms with E-state index in [2.05, 4.69) is 31.2 Å². The van der Waals surface area contributed by atoms with Crippen molar-refractivity contribution in [1.29, 1.82) is 0 Å². The lowest BCUT2D eigenvalue weighted by atomic mass is 9.79. The van der Waals surface area contributed by atoms with Crippen molar-refractivity contribution in [3.05, 3.63) is 35.4 Å². The van der Waals surface area contributed by atoms with Gasteiger partial charge in [-0.1, -0.05) is 38.1 Å². The maximum absolute atomic E-state index is 12.2. The normalized spacial score (nSPS) is 13.9. The highest BCUT2D eigenvalue weighted by Crippen LogP contribution is 2.28. The van der Waals surface area contributed by atoms with E-state index in [0.717, 1.165) is 12.0 Å². The highest BCUT2D eigenvalue weighted by molar-refractivity contribution is 5.77. The first-order valence-corrected chi connectivity index (χ1v) is 7.07. The maximum atomic E-state index is 12.2. The zero-order valence-electron chi connectivity index (χ0n) is 12.2. The van der Waals surface area contributed by atoms with Crippen molar-refractivity contribution in [1.82, 2.24) is 0 Å². The van der Waals surface area contributed by atoms with Crippen LogP contribution in [0.15, 0.2) is 24.3 Å². The summed E-state index contributed by atoms with van der Waals surface area (Å²) in [5.74, 6) is -0.181. The molecule has 0 radical (unpaired) electrons. The third-order valence-electron chi connectivity index (χ3n) is 3.75. The molecule has 0 bridgehead atoms. The second-order valence-corrected chi connectivity index (χ2v) is 4.91. The lowest BCUT2D eigenvalue weighted by molar-refractivity contribution is -0.155. The van der Waals surface area contributed by atoms with Crippen LogP contribution in [0.2, 0.25) is 0 Å². The molecule has 0 aromatic heterocycles. The summed E-state index contributed by atoms with van der Waals surface area (Å²) in [5, 5.41) is 0. The van der Waals surface area contributed by atoms with Gasteiger partial charge in [-0.15, -0.1) is 0 Å². The number of benzene rings is 1. The van der Waals surface area contributed by atoms with E-state index in [4.69, 9.17) is 10.5 Å². The van der Waals surface area contributed by atoms with Crippen LogP contribution in [0.4, 0.5) is 0 Å². The molecule has 0 saturated heterocycles. The van der Waals surface area contributed by atoms with Gasteiger partial charge in [0.25, 0.3) is 0 Å². The molecular formula is C16H25NO2. The number of hydrogen-bond donors (Lipinski definition) is 1. The first-order chi connectivity index (χ1) is 9.11. The topological polar surface area (TPSA) is 52.3 Å². The number of carbonyl (C=O) groups is 1. The third-order valence-corrected chi connectivity index (χ3v) is 3.75. The van der Waals surface area contributed by atoms with Crippen molar-refractivity contribution in [3.8, 4) is 0 Å². The van der Waals surface area contributed by atoms with Gasteiger partial charge in [0.05, 0.1) is 12.0 Å². The summed E-state index contributed by atoms with van der Waals surface area (Å²) >= 11 is 0. The lowest BCUT2D eigenvalue weighted by Crippen LogP contribution is -2.41. The minimum atomic E-state index is -0.594. The molecule has 3 nitrogen and oxygen atoms in total. The van der Waals surface area contributed by atoms with E-state index in [1.165, 1.54) is 5.56 Å². The van der Waals surface area contributed by atoms with Gasteiger partial charge in [0.2, 0.25) is 0 Å². The minimum Gasteiger partial charge on any atom is -0.466 e. The summed E-state index contributed by atoms with van der Waals surface area (Å²) in [6.07, 6.45) is 2.36. The fraction of sp³-hybridized carbons (Fsp3) is 0.562. The fourth-order valence-corrected chi connectivity index (χ4v) is 2.21. The second-order valence-electron chi connectivity index (χ2n) is 4.91. The molecule has 1 aromatic carbocycles. The lowest BCUT2D eigenvalue weighted by Gasteiger charge is -2.29. The molecule has 1 rings (SSSR count). The molecule has 0 aliphatic heterocycles. The van der Waals surface area contributed by atoms with Crippen LogP contribution >= 0.6 is 0 Å². The molecule has 3 heteroatoms. The van der Waals surface area contributed by atoms with Crippen LogP contribution in [0, 0.1) is 5.41 Å². The molecule has 1 unspecified atom stereocenters. The third kappa shape index (κ3) is 3.80. The highest BCUT2D eigenvalue weighted by atomic mass is 16.5. The molecule has 19 heavy (non-hydrogen) atoms.